The second-order valence-corrected chi connectivity index (χ2v) is 6.04. The smallest absolute Gasteiger partial charge is 0.122 e. The Bertz CT molecular complexity index is 499. The molecule has 1 aromatic heterocycles. The molecule has 1 atom stereocenters. The van der Waals surface area contributed by atoms with Crippen molar-refractivity contribution in [3.63, 3.8) is 0 Å². The zero-order valence-corrected chi connectivity index (χ0v) is 12.6. The second kappa shape index (κ2) is 6.43. The first-order valence-electron chi connectivity index (χ1n) is 7.81. The Morgan fingerprint density at radius 2 is 2.29 bits per heavy atom. The number of methoxy groups -OCH3 is 1. The van der Waals surface area contributed by atoms with Crippen molar-refractivity contribution < 1.29 is 4.74 Å². The van der Waals surface area contributed by atoms with Crippen LogP contribution in [-0.4, -0.2) is 42.4 Å². The molecule has 0 spiro atoms. The predicted molar refractivity (Wildman–Crippen MR) is 83.5 cm³/mol. The Morgan fingerprint density at radius 1 is 1.43 bits per heavy atom. The lowest BCUT2D eigenvalue weighted by atomic mass is 9.77. The van der Waals surface area contributed by atoms with Gasteiger partial charge < -0.3 is 10.5 Å². The molecule has 0 aromatic carbocycles. The first kappa shape index (κ1) is 14.3. The monoisotopic (exact) mass is 288 g/mol. The van der Waals surface area contributed by atoms with Crippen molar-refractivity contribution in [2.75, 3.05) is 20.2 Å². The average molecular weight is 288 g/mol. The lowest BCUT2D eigenvalue weighted by Gasteiger charge is -2.40. The topological polar surface area (TPSA) is 63.7 Å². The van der Waals surface area contributed by atoms with Crippen LogP contribution in [-0.2, 0) is 0 Å². The maximum atomic E-state index is 5.57. The zero-order valence-electron chi connectivity index (χ0n) is 12.6. The molecule has 1 saturated carbocycles. The van der Waals surface area contributed by atoms with Gasteiger partial charge in [-0.3, -0.25) is 9.99 Å². The standard InChI is InChI=1S/C16H24N4O/c1-21-15-4-6-18-16(9-15)13-10-19-20(11-13)14-7-12(8-14)3-2-5-17/h4,6,9-10,12-14H,2-3,5,7-8,11,17H2,1H3. The van der Waals surface area contributed by atoms with Crippen LogP contribution in [0.15, 0.2) is 23.4 Å². The molecule has 0 saturated heterocycles. The molecule has 1 aromatic rings. The van der Waals surface area contributed by atoms with Crippen molar-refractivity contribution in [2.24, 2.45) is 16.8 Å². The molecule has 2 aliphatic rings. The number of pyridine rings is 1. The quantitative estimate of drug-likeness (QED) is 0.869. The molecule has 1 aliphatic carbocycles. The van der Waals surface area contributed by atoms with Gasteiger partial charge in [-0.1, -0.05) is 0 Å². The van der Waals surface area contributed by atoms with Crippen molar-refractivity contribution in [3.8, 4) is 5.75 Å². The van der Waals surface area contributed by atoms with E-state index < -0.39 is 0 Å². The number of aromatic nitrogens is 1. The Morgan fingerprint density at radius 3 is 3.05 bits per heavy atom. The third kappa shape index (κ3) is 3.18. The van der Waals surface area contributed by atoms with Gasteiger partial charge in [0.25, 0.3) is 0 Å². The fourth-order valence-electron chi connectivity index (χ4n) is 3.22. The highest BCUT2D eigenvalue weighted by molar-refractivity contribution is 5.69. The summed E-state index contributed by atoms with van der Waals surface area (Å²) < 4.78 is 5.26. The van der Waals surface area contributed by atoms with Crippen LogP contribution in [0.5, 0.6) is 5.75 Å². The third-order valence-corrected chi connectivity index (χ3v) is 4.60. The van der Waals surface area contributed by atoms with Gasteiger partial charge >= 0.3 is 0 Å². The minimum atomic E-state index is 0.281. The van der Waals surface area contributed by atoms with Gasteiger partial charge in [0.1, 0.15) is 5.75 Å². The van der Waals surface area contributed by atoms with Crippen molar-refractivity contribution in [1.82, 2.24) is 9.99 Å². The molecule has 3 rings (SSSR count). The van der Waals surface area contributed by atoms with E-state index in [-0.39, 0.29) is 5.92 Å². The van der Waals surface area contributed by atoms with E-state index in [0.29, 0.717) is 6.04 Å². The van der Waals surface area contributed by atoms with Gasteiger partial charge in [0.05, 0.1) is 18.7 Å². The number of hydrazone groups is 1. The fourth-order valence-corrected chi connectivity index (χ4v) is 3.22. The van der Waals surface area contributed by atoms with Crippen LogP contribution in [0.4, 0.5) is 0 Å². The third-order valence-electron chi connectivity index (χ3n) is 4.60. The summed E-state index contributed by atoms with van der Waals surface area (Å²) >= 11 is 0. The highest BCUT2D eigenvalue weighted by atomic mass is 16.5. The largest absolute Gasteiger partial charge is 0.497 e. The lowest BCUT2D eigenvalue weighted by molar-refractivity contribution is 0.0832. The SMILES string of the molecule is COc1ccnc(C2C=NN(C3CC(CCCN)C3)C2)c1. The van der Waals surface area contributed by atoms with Crippen molar-refractivity contribution in [3.05, 3.63) is 24.0 Å². The normalized spacial score (nSPS) is 27.7. The van der Waals surface area contributed by atoms with Gasteiger partial charge in [-0.25, -0.2) is 0 Å². The molecule has 0 bridgehead atoms. The molecular weight excluding hydrogens is 264 g/mol. The van der Waals surface area contributed by atoms with E-state index in [0.717, 1.165) is 36.9 Å². The average Bonchev–Trinajstić information content (AvgIpc) is 2.95. The number of rotatable bonds is 6. The zero-order chi connectivity index (χ0) is 14.7. The molecule has 1 fully saturated rings. The Labute approximate surface area is 126 Å². The molecule has 1 aliphatic heterocycles. The summed E-state index contributed by atoms with van der Waals surface area (Å²) in [6.45, 7) is 1.75. The fraction of sp³-hybridized carbons (Fsp3) is 0.625. The van der Waals surface area contributed by atoms with Crippen molar-refractivity contribution in [1.29, 1.82) is 0 Å². The van der Waals surface area contributed by atoms with E-state index in [2.05, 4.69) is 15.1 Å². The molecule has 2 heterocycles. The Kier molecular flexibility index (Phi) is 4.39. The molecule has 2 N–H and O–H groups in total. The first-order chi connectivity index (χ1) is 10.3. The summed E-state index contributed by atoms with van der Waals surface area (Å²) in [5, 5.41) is 6.83. The van der Waals surface area contributed by atoms with Crippen molar-refractivity contribution >= 4 is 6.21 Å². The van der Waals surface area contributed by atoms with Crippen LogP contribution >= 0.6 is 0 Å². The summed E-state index contributed by atoms with van der Waals surface area (Å²) in [5.74, 6) is 1.99. The maximum absolute atomic E-state index is 5.57. The van der Waals surface area contributed by atoms with E-state index in [1.165, 1.54) is 19.3 Å². The Balaban J connectivity index is 1.51. The number of nitrogens with two attached hydrogens (primary N) is 1. The predicted octanol–water partition coefficient (Wildman–Crippen LogP) is 1.99. The van der Waals surface area contributed by atoms with E-state index in [4.69, 9.17) is 10.5 Å². The molecule has 0 amide bonds. The number of nitrogens with zero attached hydrogens (tertiary/aromatic N) is 3. The van der Waals surface area contributed by atoms with Crippen LogP contribution < -0.4 is 10.5 Å². The molecule has 21 heavy (non-hydrogen) atoms. The van der Waals surface area contributed by atoms with Crippen molar-refractivity contribution in [2.45, 2.75) is 37.6 Å². The van der Waals surface area contributed by atoms with E-state index in [9.17, 15) is 0 Å². The highest BCUT2D eigenvalue weighted by Gasteiger charge is 2.35. The number of hydrogen-bond acceptors (Lipinski definition) is 5. The molecule has 5 nitrogen and oxygen atoms in total. The van der Waals surface area contributed by atoms with E-state index >= 15 is 0 Å². The lowest BCUT2D eigenvalue weighted by Crippen LogP contribution is -2.41. The van der Waals surface area contributed by atoms with Gasteiger partial charge in [-0.15, -0.1) is 0 Å². The summed E-state index contributed by atoms with van der Waals surface area (Å²) in [6, 6.07) is 4.49. The maximum Gasteiger partial charge on any atom is 0.122 e. The number of hydrogen-bond donors (Lipinski definition) is 1. The Hall–Kier alpha value is -1.62. The van der Waals surface area contributed by atoms with E-state index in [1.807, 2.05) is 18.3 Å². The summed E-state index contributed by atoms with van der Waals surface area (Å²) in [6.07, 6.45) is 8.76. The van der Waals surface area contributed by atoms with E-state index in [1.54, 1.807) is 13.3 Å². The molecule has 0 radical (unpaired) electrons. The molecule has 1 unspecified atom stereocenters. The highest BCUT2D eigenvalue weighted by Crippen LogP contribution is 2.37. The van der Waals surface area contributed by atoms with Gasteiger partial charge in [0, 0.05) is 31.1 Å². The number of ether oxygens (including phenoxy) is 1. The molecule has 114 valence electrons. The van der Waals surface area contributed by atoms with Gasteiger partial charge in [-0.2, -0.15) is 5.10 Å². The second-order valence-electron chi connectivity index (χ2n) is 6.04. The minimum Gasteiger partial charge on any atom is -0.497 e. The minimum absolute atomic E-state index is 0.281. The summed E-state index contributed by atoms with van der Waals surface area (Å²) in [5.41, 5.74) is 6.61. The summed E-state index contributed by atoms with van der Waals surface area (Å²) in [4.78, 5) is 4.45. The molecule has 5 heteroatoms. The summed E-state index contributed by atoms with van der Waals surface area (Å²) in [7, 11) is 1.68. The van der Waals surface area contributed by atoms with Crippen LogP contribution in [0.2, 0.25) is 0 Å². The van der Waals surface area contributed by atoms with Crippen LogP contribution in [0, 0.1) is 5.92 Å². The van der Waals surface area contributed by atoms with Gasteiger partial charge in [0.15, 0.2) is 0 Å². The molecular formula is C16H24N4O. The van der Waals surface area contributed by atoms with Gasteiger partial charge in [-0.05, 0) is 44.2 Å². The van der Waals surface area contributed by atoms with Crippen LogP contribution in [0.1, 0.15) is 37.3 Å². The van der Waals surface area contributed by atoms with Gasteiger partial charge in [0.2, 0.25) is 0 Å². The van der Waals surface area contributed by atoms with Crippen LogP contribution in [0.3, 0.4) is 0 Å². The van der Waals surface area contributed by atoms with Crippen LogP contribution in [0.25, 0.3) is 0 Å². The first-order valence-corrected chi connectivity index (χ1v) is 7.81.